The number of benzene rings is 2. The molecular weight excluding hydrogens is 332 g/mol. The summed E-state index contributed by atoms with van der Waals surface area (Å²) in [6.45, 7) is 0. The van der Waals surface area contributed by atoms with Gasteiger partial charge in [0.25, 0.3) is 0 Å². The fourth-order valence-corrected chi connectivity index (χ4v) is 2.27. The molecule has 1 atom stereocenters. The Morgan fingerprint density at radius 2 is 1.83 bits per heavy atom. The number of alkyl halides is 3. The first-order valence-corrected chi connectivity index (χ1v) is 6.61. The second-order valence-electron chi connectivity index (χ2n) is 4.88. The van der Waals surface area contributed by atoms with Crippen LogP contribution in [0.3, 0.4) is 0 Å². The number of carboxylic acid groups (broad SMARTS) is 1. The van der Waals surface area contributed by atoms with Crippen LogP contribution in [-0.2, 0) is 0 Å². The second kappa shape index (κ2) is 6.48. The van der Waals surface area contributed by atoms with Gasteiger partial charge in [-0.15, -0.1) is 0 Å². The molecule has 4 nitrogen and oxygen atoms in total. The first kappa shape index (κ1) is 17.7. The van der Waals surface area contributed by atoms with Crippen LogP contribution in [-0.4, -0.2) is 29.5 Å². The van der Waals surface area contributed by atoms with Gasteiger partial charge in [-0.1, -0.05) is 18.2 Å². The standard InChI is InChI=1S/C16H12F4O4/c1-24-13-10(14(21)16(18,19)20)6-8(7-11(13)15(22)23)9-4-2-3-5-12(9)17/h2-7,14,21H,1H3,(H,22,23). The Balaban J connectivity index is 2.78. The van der Waals surface area contributed by atoms with Crippen LogP contribution in [0.2, 0.25) is 0 Å². The van der Waals surface area contributed by atoms with E-state index in [2.05, 4.69) is 0 Å². The van der Waals surface area contributed by atoms with Gasteiger partial charge in [-0.05, 0) is 23.8 Å². The molecule has 0 heterocycles. The quantitative estimate of drug-likeness (QED) is 0.828. The summed E-state index contributed by atoms with van der Waals surface area (Å²) in [5.41, 5.74) is -1.64. The van der Waals surface area contributed by atoms with Crippen LogP contribution < -0.4 is 4.74 Å². The molecule has 0 aliphatic heterocycles. The summed E-state index contributed by atoms with van der Waals surface area (Å²) in [6, 6.07) is 7.05. The van der Waals surface area contributed by atoms with Crippen LogP contribution >= 0.6 is 0 Å². The van der Waals surface area contributed by atoms with E-state index in [9.17, 15) is 32.6 Å². The average Bonchev–Trinajstić information content (AvgIpc) is 2.52. The maximum Gasteiger partial charge on any atom is 0.418 e. The van der Waals surface area contributed by atoms with E-state index in [-0.39, 0.29) is 11.1 Å². The van der Waals surface area contributed by atoms with Gasteiger partial charge in [-0.25, -0.2) is 9.18 Å². The van der Waals surface area contributed by atoms with E-state index in [1.807, 2.05) is 0 Å². The lowest BCUT2D eigenvalue weighted by Gasteiger charge is -2.20. The molecule has 0 bridgehead atoms. The molecule has 0 aromatic heterocycles. The van der Waals surface area contributed by atoms with Crippen molar-refractivity contribution in [2.24, 2.45) is 0 Å². The number of aromatic carboxylic acids is 1. The molecule has 0 saturated heterocycles. The van der Waals surface area contributed by atoms with Crippen molar-refractivity contribution in [3.63, 3.8) is 0 Å². The molecule has 0 amide bonds. The summed E-state index contributed by atoms with van der Waals surface area (Å²) in [7, 11) is 0.983. The van der Waals surface area contributed by atoms with E-state index in [1.54, 1.807) is 0 Å². The van der Waals surface area contributed by atoms with Gasteiger partial charge >= 0.3 is 12.1 Å². The Morgan fingerprint density at radius 1 is 1.21 bits per heavy atom. The first-order chi connectivity index (χ1) is 11.2. The Morgan fingerprint density at radius 3 is 2.33 bits per heavy atom. The second-order valence-corrected chi connectivity index (χ2v) is 4.88. The lowest BCUT2D eigenvalue weighted by molar-refractivity contribution is -0.207. The van der Waals surface area contributed by atoms with Gasteiger partial charge in [-0.2, -0.15) is 13.2 Å². The summed E-state index contributed by atoms with van der Waals surface area (Å²) < 4.78 is 57.2. The zero-order valence-electron chi connectivity index (χ0n) is 12.3. The molecule has 24 heavy (non-hydrogen) atoms. The van der Waals surface area contributed by atoms with Crippen LogP contribution in [0.4, 0.5) is 17.6 Å². The highest BCUT2D eigenvalue weighted by Crippen LogP contribution is 2.41. The third-order valence-corrected chi connectivity index (χ3v) is 3.34. The smallest absolute Gasteiger partial charge is 0.418 e. The van der Waals surface area contributed by atoms with Crippen LogP contribution in [0, 0.1) is 5.82 Å². The number of aliphatic hydroxyl groups excluding tert-OH is 1. The number of carboxylic acids is 1. The SMILES string of the molecule is COc1c(C(=O)O)cc(-c2ccccc2F)cc1C(O)C(F)(F)F. The van der Waals surface area contributed by atoms with Crippen molar-refractivity contribution in [3.05, 3.63) is 53.3 Å². The number of aliphatic hydroxyl groups is 1. The molecule has 8 heteroatoms. The highest BCUT2D eigenvalue weighted by atomic mass is 19.4. The fourth-order valence-electron chi connectivity index (χ4n) is 2.27. The molecule has 2 aromatic rings. The monoisotopic (exact) mass is 344 g/mol. The number of rotatable bonds is 4. The minimum Gasteiger partial charge on any atom is -0.495 e. The summed E-state index contributed by atoms with van der Waals surface area (Å²) in [6.07, 6.45) is -8.02. The summed E-state index contributed by atoms with van der Waals surface area (Å²) in [4.78, 5) is 11.3. The van der Waals surface area contributed by atoms with Gasteiger partial charge in [0.2, 0.25) is 0 Å². The van der Waals surface area contributed by atoms with E-state index < -0.39 is 40.9 Å². The van der Waals surface area contributed by atoms with Crippen molar-refractivity contribution < 1.29 is 37.3 Å². The molecule has 2 N–H and O–H groups in total. The number of ether oxygens (including phenoxy) is 1. The van der Waals surface area contributed by atoms with Gasteiger partial charge in [-0.3, -0.25) is 0 Å². The van der Waals surface area contributed by atoms with Gasteiger partial charge < -0.3 is 14.9 Å². The Labute approximate surface area is 133 Å². The van der Waals surface area contributed by atoms with E-state index in [1.165, 1.54) is 18.2 Å². The molecule has 0 aliphatic carbocycles. The van der Waals surface area contributed by atoms with Crippen LogP contribution in [0.25, 0.3) is 11.1 Å². The molecule has 128 valence electrons. The van der Waals surface area contributed by atoms with Crippen molar-refractivity contribution >= 4 is 5.97 Å². The molecule has 0 saturated carbocycles. The largest absolute Gasteiger partial charge is 0.495 e. The van der Waals surface area contributed by atoms with E-state index in [4.69, 9.17) is 4.74 Å². The third-order valence-electron chi connectivity index (χ3n) is 3.34. The lowest BCUT2D eigenvalue weighted by atomic mass is 9.95. The minimum absolute atomic E-state index is 0.0988. The normalized spacial score (nSPS) is 12.8. The molecule has 0 radical (unpaired) electrons. The first-order valence-electron chi connectivity index (χ1n) is 6.61. The van der Waals surface area contributed by atoms with Gasteiger partial charge in [0.15, 0.2) is 6.10 Å². The van der Waals surface area contributed by atoms with Crippen LogP contribution in [0.1, 0.15) is 22.0 Å². The van der Waals surface area contributed by atoms with E-state index in [0.29, 0.717) is 0 Å². The zero-order chi connectivity index (χ0) is 18.1. The summed E-state index contributed by atoms with van der Waals surface area (Å²) >= 11 is 0. The van der Waals surface area contributed by atoms with Crippen molar-refractivity contribution in [1.82, 2.24) is 0 Å². The van der Waals surface area contributed by atoms with E-state index >= 15 is 0 Å². The highest BCUT2D eigenvalue weighted by molar-refractivity contribution is 5.93. The number of carbonyl (C=O) groups is 1. The highest BCUT2D eigenvalue weighted by Gasteiger charge is 2.42. The number of halogens is 4. The summed E-state index contributed by atoms with van der Waals surface area (Å²) in [5, 5.41) is 18.7. The topological polar surface area (TPSA) is 66.8 Å². The van der Waals surface area contributed by atoms with Crippen molar-refractivity contribution in [2.45, 2.75) is 12.3 Å². The van der Waals surface area contributed by atoms with Gasteiger partial charge in [0.1, 0.15) is 17.1 Å². The van der Waals surface area contributed by atoms with Crippen molar-refractivity contribution in [2.75, 3.05) is 7.11 Å². The predicted molar refractivity (Wildman–Crippen MR) is 76.4 cm³/mol. The van der Waals surface area contributed by atoms with Crippen LogP contribution in [0.5, 0.6) is 5.75 Å². The molecule has 0 fully saturated rings. The molecule has 0 aliphatic rings. The third kappa shape index (κ3) is 3.33. The maximum absolute atomic E-state index is 13.9. The number of methoxy groups -OCH3 is 1. The minimum atomic E-state index is -5.04. The molecular formula is C16H12F4O4. The predicted octanol–water partition coefficient (Wildman–Crippen LogP) is 3.80. The van der Waals surface area contributed by atoms with Crippen molar-refractivity contribution in [1.29, 1.82) is 0 Å². The van der Waals surface area contributed by atoms with Crippen molar-refractivity contribution in [3.8, 4) is 16.9 Å². The van der Waals surface area contributed by atoms with Gasteiger partial charge in [0.05, 0.1) is 7.11 Å². The summed E-state index contributed by atoms with van der Waals surface area (Å²) in [5.74, 6) is -2.94. The van der Waals surface area contributed by atoms with E-state index in [0.717, 1.165) is 25.3 Å². The molecule has 1 unspecified atom stereocenters. The average molecular weight is 344 g/mol. The fraction of sp³-hybridized carbons (Fsp3) is 0.188. The Hall–Kier alpha value is -2.61. The molecule has 0 spiro atoms. The molecule has 2 rings (SSSR count). The molecule has 2 aromatic carbocycles. The van der Waals surface area contributed by atoms with Crippen LogP contribution in [0.15, 0.2) is 36.4 Å². The number of hydrogen-bond donors (Lipinski definition) is 2. The maximum atomic E-state index is 13.9. The number of hydrogen-bond acceptors (Lipinski definition) is 3. The zero-order valence-corrected chi connectivity index (χ0v) is 12.3. The Bertz CT molecular complexity index is 771. The van der Waals surface area contributed by atoms with Gasteiger partial charge in [0, 0.05) is 11.1 Å². The Kier molecular flexibility index (Phi) is 4.79. The lowest BCUT2D eigenvalue weighted by Crippen LogP contribution is -2.21.